The van der Waals surface area contributed by atoms with Crippen LogP contribution in [0.2, 0.25) is 0 Å². The van der Waals surface area contributed by atoms with Gasteiger partial charge in [0, 0.05) is 30.2 Å². The first-order valence-corrected chi connectivity index (χ1v) is 9.42. The van der Waals surface area contributed by atoms with Crippen molar-refractivity contribution in [2.24, 2.45) is 0 Å². The molecule has 0 saturated heterocycles. The fourth-order valence-electron chi connectivity index (χ4n) is 2.65. The van der Waals surface area contributed by atoms with Crippen LogP contribution in [-0.2, 0) is 16.2 Å². The van der Waals surface area contributed by atoms with Crippen molar-refractivity contribution in [1.29, 1.82) is 0 Å². The van der Waals surface area contributed by atoms with Gasteiger partial charge in [-0.2, -0.15) is 0 Å². The Morgan fingerprint density at radius 1 is 0.871 bits per heavy atom. The highest BCUT2D eigenvalue weighted by atomic mass is 16.5. The number of ether oxygens (including phenoxy) is 3. The Balaban J connectivity index is 1.85. The van der Waals surface area contributed by atoms with Gasteiger partial charge in [0.2, 0.25) is 0 Å². The summed E-state index contributed by atoms with van der Waals surface area (Å²) >= 11 is 0. The summed E-state index contributed by atoms with van der Waals surface area (Å²) < 4.78 is 16.6. The maximum atomic E-state index is 10.6. The lowest BCUT2D eigenvalue weighted by Gasteiger charge is -2.11. The first-order valence-electron chi connectivity index (χ1n) is 9.42. The Hall–Kier alpha value is -3.78. The quantitative estimate of drug-likeness (QED) is 0.348. The van der Waals surface area contributed by atoms with E-state index in [-0.39, 0.29) is 6.61 Å². The number of benzene rings is 2. The fraction of sp³-hybridized carbons (Fsp3) is 0.217. The van der Waals surface area contributed by atoms with Gasteiger partial charge in [-0.25, -0.2) is 9.59 Å². The van der Waals surface area contributed by atoms with Crippen molar-refractivity contribution in [1.82, 2.24) is 0 Å². The summed E-state index contributed by atoms with van der Waals surface area (Å²) in [7, 11) is 1.49. The van der Waals surface area contributed by atoms with Gasteiger partial charge in [0.25, 0.3) is 0 Å². The average molecular weight is 428 g/mol. The zero-order valence-corrected chi connectivity index (χ0v) is 17.0. The highest BCUT2D eigenvalue weighted by Crippen LogP contribution is 2.26. The minimum absolute atomic E-state index is 0.237. The molecule has 164 valence electrons. The summed E-state index contributed by atoms with van der Waals surface area (Å²) in [6.07, 6.45) is 5.51. The van der Waals surface area contributed by atoms with E-state index in [0.29, 0.717) is 53.6 Å². The van der Waals surface area contributed by atoms with Crippen LogP contribution in [0.1, 0.15) is 23.1 Å². The second-order valence-electron chi connectivity index (χ2n) is 6.32. The number of aliphatic carboxylic acids is 2. The van der Waals surface area contributed by atoms with E-state index in [4.69, 9.17) is 24.4 Å². The van der Waals surface area contributed by atoms with Gasteiger partial charge in [-0.3, -0.25) is 0 Å². The molecule has 0 bridgehead atoms. The van der Waals surface area contributed by atoms with Crippen LogP contribution >= 0.6 is 0 Å². The SMILES string of the molecule is COc1cc(OCCCOc2ccc(/C=C/C(=O)O)c(CO)c2)ccc1/C=C/C(=O)O. The summed E-state index contributed by atoms with van der Waals surface area (Å²) in [4.78, 5) is 21.3. The molecule has 8 heteroatoms. The molecule has 0 aliphatic rings. The van der Waals surface area contributed by atoms with Crippen LogP contribution in [0.5, 0.6) is 17.2 Å². The first kappa shape index (κ1) is 23.5. The molecule has 0 atom stereocenters. The molecule has 0 spiro atoms. The Kier molecular flexibility index (Phi) is 9.13. The molecule has 3 N–H and O–H groups in total. The van der Waals surface area contributed by atoms with Gasteiger partial charge in [-0.1, -0.05) is 6.07 Å². The van der Waals surface area contributed by atoms with Crippen molar-refractivity contribution in [2.45, 2.75) is 13.0 Å². The number of carbonyl (C=O) groups is 2. The predicted octanol–water partition coefficient (Wildman–Crippen LogP) is 3.23. The summed E-state index contributed by atoms with van der Waals surface area (Å²) in [6, 6.07) is 10.2. The van der Waals surface area contributed by atoms with Gasteiger partial charge in [-0.15, -0.1) is 0 Å². The van der Waals surface area contributed by atoms with Gasteiger partial charge >= 0.3 is 11.9 Å². The van der Waals surface area contributed by atoms with Crippen LogP contribution in [-0.4, -0.2) is 47.6 Å². The first-order chi connectivity index (χ1) is 14.9. The molecule has 8 nitrogen and oxygen atoms in total. The molecular weight excluding hydrogens is 404 g/mol. The lowest BCUT2D eigenvalue weighted by Crippen LogP contribution is -2.05. The van der Waals surface area contributed by atoms with Gasteiger partial charge < -0.3 is 29.5 Å². The van der Waals surface area contributed by atoms with Crippen LogP contribution < -0.4 is 14.2 Å². The molecule has 0 amide bonds. The van der Waals surface area contributed by atoms with Crippen LogP contribution in [0.25, 0.3) is 12.2 Å². The van der Waals surface area contributed by atoms with Crippen LogP contribution in [0.3, 0.4) is 0 Å². The van der Waals surface area contributed by atoms with E-state index in [2.05, 4.69) is 0 Å². The molecule has 0 radical (unpaired) electrons. The van der Waals surface area contributed by atoms with Gasteiger partial charge in [0.05, 0.1) is 26.9 Å². The smallest absolute Gasteiger partial charge is 0.328 e. The molecule has 0 aliphatic carbocycles. The van der Waals surface area contributed by atoms with Crippen molar-refractivity contribution in [3.8, 4) is 17.2 Å². The summed E-state index contributed by atoms with van der Waals surface area (Å²) in [5, 5.41) is 26.9. The fourth-order valence-corrected chi connectivity index (χ4v) is 2.65. The molecule has 0 aromatic heterocycles. The summed E-state index contributed by atoms with van der Waals surface area (Å²) in [6.45, 7) is 0.532. The number of rotatable bonds is 12. The number of carboxylic acids is 2. The Bertz CT molecular complexity index is 885. The van der Waals surface area contributed by atoms with Gasteiger partial charge in [0.1, 0.15) is 17.2 Å². The van der Waals surface area contributed by atoms with E-state index in [1.807, 2.05) is 0 Å². The van der Waals surface area contributed by atoms with E-state index in [9.17, 15) is 14.7 Å². The van der Waals surface area contributed by atoms with Crippen LogP contribution in [0.4, 0.5) is 0 Å². The topological polar surface area (TPSA) is 123 Å². The minimum atomic E-state index is -1.06. The van der Waals surface area contributed by atoms with E-state index < -0.39 is 11.9 Å². The third-order valence-corrected chi connectivity index (χ3v) is 4.13. The van der Waals surface area contributed by atoms with E-state index in [1.165, 1.54) is 19.3 Å². The van der Waals surface area contributed by atoms with Crippen molar-refractivity contribution in [3.63, 3.8) is 0 Å². The highest BCUT2D eigenvalue weighted by molar-refractivity contribution is 5.86. The molecule has 2 aromatic carbocycles. The van der Waals surface area contributed by atoms with Gasteiger partial charge in [-0.05, 0) is 47.5 Å². The summed E-state index contributed by atoms with van der Waals surface area (Å²) in [5.74, 6) is -0.456. The van der Waals surface area contributed by atoms with Crippen molar-refractivity contribution in [3.05, 3.63) is 65.2 Å². The average Bonchev–Trinajstić information content (AvgIpc) is 2.76. The number of methoxy groups -OCH3 is 1. The molecule has 0 aliphatic heterocycles. The monoisotopic (exact) mass is 428 g/mol. The Morgan fingerprint density at radius 3 is 1.97 bits per heavy atom. The largest absolute Gasteiger partial charge is 0.496 e. The summed E-state index contributed by atoms with van der Waals surface area (Å²) in [5.41, 5.74) is 1.80. The number of carboxylic acid groups (broad SMARTS) is 2. The standard InChI is InChI=1S/C23H24O8/c1-29-21-14-20(8-4-17(21)6-10-23(27)28)31-12-2-11-30-19-7-3-16(5-9-22(25)26)18(13-19)15-24/h3-10,13-14,24H,2,11-12,15H2,1H3,(H,25,26)(H,27,28)/b9-5+,10-6+. The zero-order chi connectivity index (χ0) is 22.6. The van der Waals surface area contributed by atoms with Crippen molar-refractivity contribution < 1.29 is 39.1 Å². The Morgan fingerprint density at radius 2 is 1.42 bits per heavy atom. The molecule has 0 saturated carbocycles. The minimum Gasteiger partial charge on any atom is -0.496 e. The van der Waals surface area contributed by atoms with Crippen molar-refractivity contribution >= 4 is 24.1 Å². The van der Waals surface area contributed by atoms with E-state index in [0.717, 1.165) is 12.2 Å². The number of hydrogen-bond donors (Lipinski definition) is 3. The van der Waals surface area contributed by atoms with Gasteiger partial charge in [0.15, 0.2) is 0 Å². The number of aliphatic hydroxyl groups is 1. The van der Waals surface area contributed by atoms with Crippen LogP contribution in [0.15, 0.2) is 48.6 Å². The third kappa shape index (κ3) is 7.87. The third-order valence-electron chi connectivity index (χ3n) is 4.13. The molecule has 0 heterocycles. The maximum Gasteiger partial charge on any atom is 0.328 e. The number of aliphatic hydroxyl groups excluding tert-OH is 1. The molecule has 31 heavy (non-hydrogen) atoms. The Labute approximate surface area is 179 Å². The second kappa shape index (κ2) is 12.0. The predicted molar refractivity (Wildman–Crippen MR) is 114 cm³/mol. The molecule has 0 unspecified atom stereocenters. The molecule has 0 fully saturated rings. The normalized spacial score (nSPS) is 11.0. The highest BCUT2D eigenvalue weighted by Gasteiger charge is 2.05. The number of hydrogen-bond acceptors (Lipinski definition) is 6. The lowest BCUT2D eigenvalue weighted by atomic mass is 10.1. The maximum absolute atomic E-state index is 10.6. The second-order valence-corrected chi connectivity index (χ2v) is 6.32. The van der Waals surface area contributed by atoms with Crippen molar-refractivity contribution in [2.75, 3.05) is 20.3 Å². The molecular formula is C23H24O8. The zero-order valence-electron chi connectivity index (χ0n) is 17.0. The van der Waals surface area contributed by atoms with E-state index in [1.54, 1.807) is 36.4 Å². The van der Waals surface area contributed by atoms with Crippen LogP contribution in [0, 0.1) is 0 Å². The lowest BCUT2D eigenvalue weighted by molar-refractivity contribution is -0.132. The molecule has 2 rings (SSSR count). The van der Waals surface area contributed by atoms with E-state index >= 15 is 0 Å². The molecule has 2 aromatic rings.